The summed E-state index contributed by atoms with van der Waals surface area (Å²) in [5.41, 5.74) is 1.94. The molecular weight excluding hydrogens is 387 g/mol. The number of aromatic nitrogens is 3. The van der Waals surface area contributed by atoms with Crippen molar-refractivity contribution < 1.29 is 4.39 Å². The van der Waals surface area contributed by atoms with Crippen LogP contribution in [0.4, 0.5) is 15.5 Å². The van der Waals surface area contributed by atoms with Gasteiger partial charge in [0.05, 0.1) is 16.3 Å². The van der Waals surface area contributed by atoms with Crippen LogP contribution in [0.3, 0.4) is 0 Å². The number of halogens is 1. The lowest BCUT2D eigenvalue weighted by Crippen LogP contribution is -2.44. The van der Waals surface area contributed by atoms with Gasteiger partial charge in [0.2, 0.25) is 5.95 Å². The van der Waals surface area contributed by atoms with Crippen molar-refractivity contribution in [3.05, 3.63) is 42.3 Å². The first kappa shape index (κ1) is 18.4. The first-order valence-electron chi connectivity index (χ1n) is 9.96. The van der Waals surface area contributed by atoms with E-state index in [0.717, 1.165) is 54.7 Å². The van der Waals surface area contributed by atoms with Crippen LogP contribution < -0.4 is 10.2 Å². The van der Waals surface area contributed by atoms with Gasteiger partial charge in [-0.05, 0) is 38.1 Å². The highest BCUT2D eigenvalue weighted by molar-refractivity contribution is 7.19. The smallest absolute Gasteiger partial charge is 0.223 e. The molecule has 2 aliphatic rings. The third kappa shape index (κ3) is 3.95. The number of benzene rings is 1. The number of nitrogens with one attached hydrogen (secondary N) is 1. The van der Waals surface area contributed by atoms with E-state index in [1.165, 1.54) is 6.07 Å². The molecule has 0 unspecified atom stereocenters. The molecule has 0 bridgehead atoms. The number of piperazine rings is 1. The Bertz CT molecular complexity index is 1010. The highest BCUT2D eigenvalue weighted by Crippen LogP contribution is 2.41. The van der Waals surface area contributed by atoms with Gasteiger partial charge in [0.25, 0.3) is 0 Å². The fraction of sp³-hybridized carbons (Fsp3) is 0.381. The Morgan fingerprint density at radius 2 is 1.86 bits per heavy atom. The molecule has 1 aliphatic carbocycles. The largest absolute Gasteiger partial charge is 0.351 e. The first-order chi connectivity index (χ1) is 14.2. The number of rotatable bonds is 5. The molecule has 2 aromatic heterocycles. The molecule has 0 spiro atoms. The molecule has 2 fully saturated rings. The second kappa shape index (κ2) is 7.68. The lowest BCUT2D eigenvalue weighted by atomic mass is 10.1. The SMILES string of the molecule is CN1CCN(c2nc(-c3ccccc3F)c(-c3ccnc(NC4CC4)n3)s2)CC1. The van der Waals surface area contributed by atoms with E-state index < -0.39 is 0 Å². The Balaban J connectivity index is 1.56. The average Bonchev–Trinajstić information content (AvgIpc) is 3.44. The van der Waals surface area contributed by atoms with E-state index in [9.17, 15) is 4.39 Å². The molecule has 1 saturated carbocycles. The summed E-state index contributed by atoms with van der Waals surface area (Å²) in [5.74, 6) is 0.355. The Kier molecular flexibility index (Phi) is 4.89. The third-order valence-corrected chi connectivity index (χ3v) is 6.46. The molecule has 1 N–H and O–H groups in total. The molecule has 1 aromatic carbocycles. The minimum Gasteiger partial charge on any atom is -0.351 e. The number of nitrogens with zero attached hydrogens (tertiary/aromatic N) is 5. The summed E-state index contributed by atoms with van der Waals surface area (Å²) < 4.78 is 14.6. The van der Waals surface area contributed by atoms with Gasteiger partial charge in [0.1, 0.15) is 5.82 Å². The standard InChI is InChI=1S/C21H23FN6S/c1-27-10-12-28(13-11-27)21-26-18(15-4-2-3-5-16(15)22)19(29-21)17-8-9-23-20(25-17)24-14-6-7-14/h2-5,8-9,14H,6-7,10-13H2,1H3,(H,23,24,25). The van der Waals surface area contributed by atoms with Crippen LogP contribution in [0.1, 0.15) is 12.8 Å². The minimum absolute atomic E-state index is 0.269. The van der Waals surface area contributed by atoms with Crippen LogP contribution >= 0.6 is 11.3 Å². The number of hydrogen-bond donors (Lipinski definition) is 1. The van der Waals surface area contributed by atoms with Crippen LogP contribution in [0.15, 0.2) is 36.5 Å². The molecular formula is C21H23FN6S. The first-order valence-corrected chi connectivity index (χ1v) is 10.8. The molecule has 29 heavy (non-hydrogen) atoms. The molecule has 0 atom stereocenters. The molecule has 8 heteroatoms. The predicted molar refractivity (Wildman–Crippen MR) is 115 cm³/mol. The number of thiazole rings is 1. The van der Waals surface area contributed by atoms with Crippen molar-refractivity contribution in [2.45, 2.75) is 18.9 Å². The van der Waals surface area contributed by atoms with Crippen LogP contribution in [-0.2, 0) is 0 Å². The van der Waals surface area contributed by atoms with E-state index in [-0.39, 0.29) is 5.82 Å². The maximum absolute atomic E-state index is 14.6. The summed E-state index contributed by atoms with van der Waals surface area (Å²) in [6.07, 6.45) is 4.07. The van der Waals surface area contributed by atoms with Gasteiger partial charge in [0.15, 0.2) is 5.13 Å². The van der Waals surface area contributed by atoms with Gasteiger partial charge in [-0.25, -0.2) is 19.3 Å². The molecule has 3 heterocycles. The van der Waals surface area contributed by atoms with Crippen LogP contribution in [0.25, 0.3) is 21.8 Å². The summed E-state index contributed by atoms with van der Waals surface area (Å²) in [5, 5.41) is 4.26. The van der Waals surface area contributed by atoms with E-state index >= 15 is 0 Å². The van der Waals surface area contributed by atoms with Crippen LogP contribution in [-0.4, -0.2) is 59.1 Å². The van der Waals surface area contributed by atoms with Crippen LogP contribution in [0.2, 0.25) is 0 Å². The summed E-state index contributed by atoms with van der Waals surface area (Å²) >= 11 is 1.58. The van der Waals surface area contributed by atoms with E-state index in [0.29, 0.717) is 23.2 Å². The lowest BCUT2D eigenvalue weighted by Gasteiger charge is -2.32. The minimum atomic E-state index is -0.269. The normalized spacial score (nSPS) is 17.5. The van der Waals surface area contributed by atoms with Crippen molar-refractivity contribution in [1.82, 2.24) is 19.9 Å². The fourth-order valence-corrected chi connectivity index (χ4v) is 4.52. The number of hydrogen-bond acceptors (Lipinski definition) is 7. The average molecular weight is 411 g/mol. The summed E-state index contributed by atoms with van der Waals surface area (Å²) in [6.45, 7) is 3.82. The summed E-state index contributed by atoms with van der Waals surface area (Å²) in [7, 11) is 2.13. The molecule has 1 aliphatic heterocycles. The highest BCUT2D eigenvalue weighted by atomic mass is 32.1. The Hall–Kier alpha value is -2.58. The highest BCUT2D eigenvalue weighted by Gasteiger charge is 2.25. The molecule has 6 nitrogen and oxygen atoms in total. The second-order valence-electron chi connectivity index (χ2n) is 7.63. The molecule has 150 valence electrons. The zero-order chi connectivity index (χ0) is 19.8. The second-order valence-corrected chi connectivity index (χ2v) is 8.61. The van der Waals surface area contributed by atoms with Gasteiger partial charge >= 0.3 is 0 Å². The Labute approximate surface area is 173 Å². The molecule has 5 rings (SSSR count). The van der Waals surface area contributed by atoms with Crippen LogP contribution in [0, 0.1) is 5.82 Å². The number of anilines is 2. The monoisotopic (exact) mass is 410 g/mol. The van der Waals surface area contributed by atoms with Crippen molar-refractivity contribution in [2.24, 2.45) is 0 Å². The van der Waals surface area contributed by atoms with Crippen LogP contribution in [0.5, 0.6) is 0 Å². The lowest BCUT2D eigenvalue weighted by molar-refractivity contribution is 0.313. The van der Waals surface area contributed by atoms with Crippen molar-refractivity contribution in [1.29, 1.82) is 0 Å². The zero-order valence-electron chi connectivity index (χ0n) is 16.3. The van der Waals surface area contributed by atoms with Crippen molar-refractivity contribution in [3.63, 3.8) is 0 Å². The van der Waals surface area contributed by atoms with E-state index in [2.05, 4.69) is 27.1 Å². The molecule has 3 aromatic rings. The van der Waals surface area contributed by atoms with Crippen molar-refractivity contribution in [2.75, 3.05) is 43.4 Å². The Morgan fingerprint density at radius 3 is 2.62 bits per heavy atom. The van der Waals surface area contributed by atoms with Gasteiger partial charge in [0, 0.05) is 44.0 Å². The quantitative estimate of drug-likeness (QED) is 0.692. The zero-order valence-corrected chi connectivity index (χ0v) is 17.1. The Morgan fingerprint density at radius 1 is 1.07 bits per heavy atom. The summed E-state index contributed by atoms with van der Waals surface area (Å²) in [6, 6.07) is 9.16. The van der Waals surface area contributed by atoms with Crippen molar-refractivity contribution >= 4 is 22.4 Å². The maximum Gasteiger partial charge on any atom is 0.223 e. The molecule has 1 saturated heterocycles. The topological polar surface area (TPSA) is 57.2 Å². The van der Waals surface area contributed by atoms with Gasteiger partial charge in [-0.2, -0.15) is 0 Å². The van der Waals surface area contributed by atoms with E-state index in [4.69, 9.17) is 9.97 Å². The predicted octanol–water partition coefficient (Wildman–Crippen LogP) is 3.73. The molecule has 0 amide bonds. The maximum atomic E-state index is 14.6. The van der Waals surface area contributed by atoms with Gasteiger partial charge in [-0.15, -0.1) is 0 Å². The molecule has 0 radical (unpaired) electrons. The fourth-order valence-electron chi connectivity index (χ4n) is 3.42. The third-order valence-electron chi connectivity index (χ3n) is 5.32. The van der Waals surface area contributed by atoms with Gasteiger partial charge < -0.3 is 15.1 Å². The van der Waals surface area contributed by atoms with E-state index in [1.807, 2.05) is 12.1 Å². The summed E-state index contributed by atoms with van der Waals surface area (Å²) in [4.78, 5) is 19.4. The number of likely N-dealkylation sites (N-methyl/N-ethyl adjacent to an activating group) is 1. The van der Waals surface area contributed by atoms with Gasteiger partial charge in [-0.1, -0.05) is 23.5 Å². The van der Waals surface area contributed by atoms with Gasteiger partial charge in [-0.3, -0.25) is 0 Å². The van der Waals surface area contributed by atoms with Crippen molar-refractivity contribution in [3.8, 4) is 21.8 Å². The van der Waals surface area contributed by atoms with E-state index in [1.54, 1.807) is 29.7 Å².